The SMILES string of the molecule is NC(=S)c1cccc(CNC(=O)Cc2cccc(O)c2)c1. The summed E-state index contributed by atoms with van der Waals surface area (Å²) in [5.74, 6) is 0.0470. The van der Waals surface area contributed by atoms with Gasteiger partial charge >= 0.3 is 0 Å². The van der Waals surface area contributed by atoms with Crippen LogP contribution in [-0.4, -0.2) is 16.0 Å². The van der Waals surface area contributed by atoms with E-state index in [9.17, 15) is 9.90 Å². The largest absolute Gasteiger partial charge is 0.508 e. The van der Waals surface area contributed by atoms with E-state index in [0.29, 0.717) is 11.5 Å². The van der Waals surface area contributed by atoms with Gasteiger partial charge in [-0.3, -0.25) is 4.79 Å². The number of hydrogen-bond donors (Lipinski definition) is 3. The summed E-state index contributed by atoms with van der Waals surface area (Å²) in [6, 6.07) is 14.1. The van der Waals surface area contributed by atoms with E-state index in [-0.39, 0.29) is 18.1 Å². The van der Waals surface area contributed by atoms with E-state index in [0.717, 1.165) is 16.7 Å². The minimum atomic E-state index is -0.110. The van der Waals surface area contributed by atoms with Crippen molar-refractivity contribution in [1.29, 1.82) is 0 Å². The minimum absolute atomic E-state index is 0.110. The first-order valence-corrected chi connectivity index (χ1v) is 6.89. The van der Waals surface area contributed by atoms with Gasteiger partial charge in [0.05, 0.1) is 6.42 Å². The van der Waals surface area contributed by atoms with Crippen LogP contribution in [0.1, 0.15) is 16.7 Å². The van der Waals surface area contributed by atoms with Gasteiger partial charge in [0.15, 0.2) is 0 Å². The molecule has 2 aromatic rings. The number of rotatable bonds is 5. The zero-order chi connectivity index (χ0) is 15.2. The molecule has 0 atom stereocenters. The Morgan fingerprint density at radius 1 is 1.14 bits per heavy atom. The summed E-state index contributed by atoms with van der Waals surface area (Å²) >= 11 is 4.92. The summed E-state index contributed by atoms with van der Waals surface area (Å²) < 4.78 is 0. The van der Waals surface area contributed by atoms with Crippen molar-refractivity contribution in [2.45, 2.75) is 13.0 Å². The smallest absolute Gasteiger partial charge is 0.224 e. The van der Waals surface area contributed by atoms with Crippen molar-refractivity contribution in [1.82, 2.24) is 5.32 Å². The number of carbonyl (C=O) groups excluding carboxylic acids is 1. The molecule has 2 rings (SSSR count). The first kappa shape index (κ1) is 15.0. The molecule has 21 heavy (non-hydrogen) atoms. The van der Waals surface area contributed by atoms with E-state index in [1.807, 2.05) is 24.3 Å². The molecule has 2 aromatic carbocycles. The maximum atomic E-state index is 11.9. The lowest BCUT2D eigenvalue weighted by atomic mass is 10.1. The van der Waals surface area contributed by atoms with Crippen molar-refractivity contribution in [2.24, 2.45) is 5.73 Å². The van der Waals surface area contributed by atoms with E-state index in [1.54, 1.807) is 24.3 Å². The van der Waals surface area contributed by atoms with Gasteiger partial charge < -0.3 is 16.2 Å². The number of hydrogen-bond acceptors (Lipinski definition) is 3. The molecule has 4 nitrogen and oxygen atoms in total. The van der Waals surface area contributed by atoms with E-state index in [1.165, 1.54) is 0 Å². The van der Waals surface area contributed by atoms with Crippen molar-refractivity contribution < 1.29 is 9.90 Å². The van der Waals surface area contributed by atoms with Crippen molar-refractivity contribution in [3.63, 3.8) is 0 Å². The first-order chi connectivity index (χ1) is 10.0. The Labute approximate surface area is 128 Å². The third kappa shape index (κ3) is 4.57. The highest BCUT2D eigenvalue weighted by Gasteiger charge is 2.05. The summed E-state index contributed by atoms with van der Waals surface area (Å²) in [7, 11) is 0. The van der Waals surface area contributed by atoms with Gasteiger partial charge in [-0.1, -0.05) is 42.5 Å². The van der Waals surface area contributed by atoms with Crippen LogP contribution in [0.5, 0.6) is 5.75 Å². The highest BCUT2D eigenvalue weighted by Crippen LogP contribution is 2.11. The quantitative estimate of drug-likeness (QED) is 0.737. The topological polar surface area (TPSA) is 75.3 Å². The molecule has 5 heteroatoms. The summed E-state index contributed by atoms with van der Waals surface area (Å²) in [5.41, 5.74) is 8.06. The van der Waals surface area contributed by atoms with Crippen molar-refractivity contribution >= 4 is 23.1 Å². The average molecular weight is 300 g/mol. The second kappa shape index (κ2) is 6.85. The van der Waals surface area contributed by atoms with Gasteiger partial charge in [0, 0.05) is 12.1 Å². The number of nitrogens with one attached hydrogen (secondary N) is 1. The number of phenolic OH excluding ortho intramolecular Hbond substituents is 1. The fraction of sp³-hybridized carbons (Fsp3) is 0.125. The molecule has 108 valence electrons. The number of phenols is 1. The molecular formula is C16H16N2O2S. The fourth-order valence-electron chi connectivity index (χ4n) is 1.95. The fourth-order valence-corrected chi connectivity index (χ4v) is 2.08. The molecule has 4 N–H and O–H groups in total. The third-order valence-corrected chi connectivity index (χ3v) is 3.21. The molecule has 0 aliphatic rings. The number of amides is 1. The third-order valence-electron chi connectivity index (χ3n) is 2.98. The zero-order valence-corrected chi connectivity index (χ0v) is 12.2. The Bertz CT molecular complexity index is 671. The van der Waals surface area contributed by atoms with Crippen LogP contribution in [0.4, 0.5) is 0 Å². The van der Waals surface area contributed by atoms with Gasteiger partial charge in [0.2, 0.25) is 5.91 Å². The van der Waals surface area contributed by atoms with Crippen molar-refractivity contribution in [3.8, 4) is 5.75 Å². The lowest BCUT2D eigenvalue weighted by molar-refractivity contribution is -0.120. The van der Waals surface area contributed by atoms with Crippen LogP contribution < -0.4 is 11.1 Å². The summed E-state index contributed by atoms with van der Waals surface area (Å²) in [6.07, 6.45) is 0.226. The van der Waals surface area contributed by atoms with E-state index in [2.05, 4.69) is 5.32 Å². The maximum absolute atomic E-state index is 11.9. The average Bonchev–Trinajstić information content (AvgIpc) is 2.45. The molecule has 0 bridgehead atoms. The number of nitrogens with two attached hydrogens (primary N) is 1. The van der Waals surface area contributed by atoms with Crippen LogP contribution in [0, 0.1) is 0 Å². The standard InChI is InChI=1S/C16H16N2O2S/c17-16(21)13-5-1-4-12(7-13)10-18-15(20)9-11-3-2-6-14(19)8-11/h1-8,19H,9-10H2,(H2,17,21)(H,18,20). The molecule has 0 aliphatic heterocycles. The lowest BCUT2D eigenvalue weighted by Crippen LogP contribution is -2.24. The Morgan fingerprint density at radius 2 is 1.86 bits per heavy atom. The van der Waals surface area contributed by atoms with Gasteiger partial charge in [-0.15, -0.1) is 0 Å². The van der Waals surface area contributed by atoms with Gasteiger partial charge in [0.25, 0.3) is 0 Å². The predicted octanol–water partition coefficient (Wildman–Crippen LogP) is 1.89. The van der Waals surface area contributed by atoms with Crippen LogP contribution in [-0.2, 0) is 17.8 Å². The number of aromatic hydroxyl groups is 1. The van der Waals surface area contributed by atoms with E-state index < -0.39 is 0 Å². The van der Waals surface area contributed by atoms with Crippen LogP contribution in [0.15, 0.2) is 48.5 Å². The van der Waals surface area contributed by atoms with Crippen LogP contribution >= 0.6 is 12.2 Å². The van der Waals surface area contributed by atoms with Crippen molar-refractivity contribution in [2.75, 3.05) is 0 Å². The highest BCUT2D eigenvalue weighted by molar-refractivity contribution is 7.80. The van der Waals surface area contributed by atoms with Gasteiger partial charge in [0.1, 0.15) is 10.7 Å². The second-order valence-electron chi connectivity index (χ2n) is 4.69. The molecule has 0 heterocycles. The normalized spacial score (nSPS) is 10.1. The van der Waals surface area contributed by atoms with Crippen LogP contribution in [0.25, 0.3) is 0 Å². The first-order valence-electron chi connectivity index (χ1n) is 6.48. The highest BCUT2D eigenvalue weighted by atomic mass is 32.1. The Balaban J connectivity index is 1.92. The number of benzene rings is 2. The van der Waals surface area contributed by atoms with Crippen LogP contribution in [0.2, 0.25) is 0 Å². The molecule has 0 aromatic heterocycles. The number of thiocarbonyl (C=S) groups is 1. The van der Waals surface area contributed by atoms with Gasteiger partial charge in [-0.2, -0.15) is 0 Å². The molecule has 0 unspecified atom stereocenters. The maximum Gasteiger partial charge on any atom is 0.224 e. The van der Waals surface area contributed by atoms with E-state index >= 15 is 0 Å². The number of carbonyl (C=O) groups is 1. The summed E-state index contributed by atoms with van der Waals surface area (Å²) in [5, 5.41) is 12.2. The molecule has 0 saturated heterocycles. The monoisotopic (exact) mass is 300 g/mol. The molecule has 0 aliphatic carbocycles. The predicted molar refractivity (Wildman–Crippen MR) is 86.0 cm³/mol. The van der Waals surface area contributed by atoms with E-state index in [4.69, 9.17) is 18.0 Å². The van der Waals surface area contributed by atoms with Gasteiger partial charge in [-0.05, 0) is 29.3 Å². The van der Waals surface area contributed by atoms with Gasteiger partial charge in [-0.25, -0.2) is 0 Å². The molecule has 0 fully saturated rings. The van der Waals surface area contributed by atoms with Crippen molar-refractivity contribution in [3.05, 3.63) is 65.2 Å². The molecule has 0 saturated carbocycles. The molecule has 0 radical (unpaired) electrons. The summed E-state index contributed by atoms with van der Waals surface area (Å²) in [4.78, 5) is 12.2. The molecule has 0 spiro atoms. The molecule has 1 amide bonds. The zero-order valence-electron chi connectivity index (χ0n) is 11.4. The lowest BCUT2D eigenvalue weighted by Gasteiger charge is -2.07. The second-order valence-corrected chi connectivity index (χ2v) is 5.13. The Morgan fingerprint density at radius 3 is 2.57 bits per heavy atom. The Hall–Kier alpha value is -2.40. The Kier molecular flexibility index (Phi) is 4.90. The van der Waals surface area contributed by atoms with Crippen LogP contribution in [0.3, 0.4) is 0 Å². The minimum Gasteiger partial charge on any atom is -0.508 e. The summed E-state index contributed by atoms with van der Waals surface area (Å²) in [6.45, 7) is 0.411. The molecular weight excluding hydrogens is 284 g/mol.